The lowest BCUT2D eigenvalue weighted by Gasteiger charge is -2.42. The predicted octanol–water partition coefficient (Wildman–Crippen LogP) is 3.55. The number of nitrogens with zero attached hydrogens (tertiary/aromatic N) is 2. The van der Waals surface area contributed by atoms with Gasteiger partial charge in [0.05, 0.1) is 6.07 Å². The second kappa shape index (κ2) is 7.61. The topological polar surface area (TPSA) is 47.3 Å². The lowest BCUT2D eigenvalue weighted by Crippen LogP contribution is -2.44. The molecule has 24 heavy (non-hydrogen) atoms. The largest absolute Gasteiger partial charge is 0.380 e. The van der Waals surface area contributed by atoms with E-state index in [1.54, 1.807) is 0 Å². The van der Waals surface area contributed by atoms with Crippen molar-refractivity contribution in [1.82, 2.24) is 4.90 Å². The van der Waals surface area contributed by atoms with E-state index in [0.717, 1.165) is 43.6 Å². The minimum Gasteiger partial charge on any atom is -0.380 e. The van der Waals surface area contributed by atoms with Crippen LogP contribution in [0.3, 0.4) is 0 Å². The predicted molar refractivity (Wildman–Crippen MR) is 95.3 cm³/mol. The maximum Gasteiger partial charge on any atom is 0.117 e. The van der Waals surface area contributed by atoms with Crippen molar-refractivity contribution in [2.75, 3.05) is 19.6 Å². The van der Waals surface area contributed by atoms with Crippen LogP contribution >= 0.6 is 0 Å². The fraction of sp³-hybridized carbons (Fsp3) is 0.381. The lowest BCUT2D eigenvalue weighted by atomic mass is 9.72. The van der Waals surface area contributed by atoms with Crippen molar-refractivity contribution in [3.63, 3.8) is 0 Å². The number of hydrogen-bond donors (Lipinski definition) is 1. The van der Waals surface area contributed by atoms with Crippen LogP contribution in [0.4, 0.5) is 0 Å². The van der Waals surface area contributed by atoms with E-state index in [2.05, 4.69) is 11.0 Å². The first-order chi connectivity index (χ1) is 11.7. The number of likely N-dealkylation sites (tertiary alicyclic amines) is 1. The molecule has 1 saturated heterocycles. The number of nitriles is 1. The minimum absolute atomic E-state index is 0.181. The first-order valence-electron chi connectivity index (χ1n) is 8.68. The smallest absolute Gasteiger partial charge is 0.117 e. The molecule has 0 bridgehead atoms. The fourth-order valence-electron chi connectivity index (χ4n) is 3.81. The molecule has 0 saturated carbocycles. The summed E-state index contributed by atoms with van der Waals surface area (Å²) in [6, 6.07) is 22.2. The maximum absolute atomic E-state index is 11.8. The average Bonchev–Trinajstić information content (AvgIpc) is 2.67. The molecule has 0 radical (unpaired) electrons. The van der Waals surface area contributed by atoms with Crippen LogP contribution < -0.4 is 0 Å². The summed E-state index contributed by atoms with van der Waals surface area (Å²) in [6.07, 6.45) is 2.45. The Labute approximate surface area is 144 Å². The van der Waals surface area contributed by atoms with Gasteiger partial charge in [-0.2, -0.15) is 5.26 Å². The molecule has 0 atom stereocenters. The van der Waals surface area contributed by atoms with Gasteiger partial charge in [-0.1, -0.05) is 60.7 Å². The van der Waals surface area contributed by atoms with Crippen LogP contribution in [0, 0.1) is 17.2 Å². The van der Waals surface area contributed by atoms with Crippen LogP contribution in [-0.2, 0) is 5.60 Å². The maximum atomic E-state index is 11.8. The molecule has 1 aliphatic heterocycles. The number of benzene rings is 2. The number of aliphatic hydroxyl groups is 1. The van der Waals surface area contributed by atoms with Gasteiger partial charge in [0.15, 0.2) is 0 Å². The zero-order valence-electron chi connectivity index (χ0n) is 13.9. The third-order valence-corrected chi connectivity index (χ3v) is 5.15. The SMILES string of the molecule is N#CCCN1CCC(C(O)(c2ccccc2)c2ccccc2)CC1. The van der Waals surface area contributed by atoms with Gasteiger partial charge in [-0.25, -0.2) is 0 Å². The van der Waals surface area contributed by atoms with E-state index in [9.17, 15) is 5.11 Å². The first-order valence-corrected chi connectivity index (χ1v) is 8.68. The van der Waals surface area contributed by atoms with Gasteiger partial charge in [0.1, 0.15) is 5.60 Å². The molecule has 0 spiro atoms. The van der Waals surface area contributed by atoms with E-state index < -0.39 is 5.60 Å². The zero-order chi connectivity index (χ0) is 16.8. The first kappa shape index (κ1) is 16.7. The molecule has 1 heterocycles. The standard InChI is InChI=1S/C21H24N2O/c22-14-7-15-23-16-12-20(13-17-23)21(24,18-8-3-1-4-9-18)19-10-5-2-6-11-19/h1-6,8-11,20,24H,7,12-13,15-17H2. The van der Waals surface area contributed by atoms with Crippen molar-refractivity contribution in [2.24, 2.45) is 5.92 Å². The van der Waals surface area contributed by atoms with E-state index in [1.165, 1.54) is 0 Å². The van der Waals surface area contributed by atoms with E-state index in [0.29, 0.717) is 6.42 Å². The molecule has 1 N–H and O–H groups in total. The highest BCUT2D eigenvalue weighted by Gasteiger charge is 2.41. The Hall–Kier alpha value is -2.15. The lowest BCUT2D eigenvalue weighted by molar-refractivity contribution is -0.0139. The molecule has 1 fully saturated rings. The summed E-state index contributed by atoms with van der Waals surface area (Å²) in [4.78, 5) is 2.33. The summed E-state index contributed by atoms with van der Waals surface area (Å²) in [5.41, 5.74) is 0.975. The Bertz CT molecular complexity index is 630. The molecule has 2 aromatic carbocycles. The van der Waals surface area contributed by atoms with Crippen LogP contribution in [0.5, 0.6) is 0 Å². The second-order valence-electron chi connectivity index (χ2n) is 6.52. The summed E-state index contributed by atoms with van der Waals surface area (Å²) >= 11 is 0. The van der Waals surface area contributed by atoms with Crippen LogP contribution in [0.2, 0.25) is 0 Å². The third-order valence-electron chi connectivity index (χ3n) is 5.15. The second-order valence-corrected chi connectivity index (χ2v) is 6.52. The number of rotatable bonds is 5. The van der Waals surface area contributed by atoms with Gasteiger partial charge in [0.2, 0.25) is 0 Å². The minimum atomic E-state index is -0.955. The van der Waals surface area contributed by atoms with Crippen LogP contribution in [0.15, 0.2) is 60.7 Å². The molecule has 0 aliphatic carbocycles. The van der Waals surface area contributed by atoms with Gasteiger partial charge in [-0.3, -0.25) is 0 Å². The molecule has 124 valence electrons. The molecule has 0 amide bonds. The molecule has 0 unspecified atom stereocenters. The van der Waals surface area contributed by atoms with Crippen molar-refractivity contribution >= 4 is 0 Å². The normalized spacial score (nSPS) is 16.7. The summed E-state index contributed by atoms with van der Waals surface area (Å²) in [7, 11) is 0. The summed E-state index contributed by atoms with van der Waals surface area (Å²) in [5.74, 6) is 0.181. The number of piperidine rings is 1. The Balaban J connectivity index is 1.86. The van der Waals surface area contributed by atoms with Gasteiger partial charge in [0, 0.05) is 13.0 Å². The monoisotopic (exact) mass is 320 g/mol. The van der Waals surface area contributed by atoms with Crippen LogP contribution in [0.1, 0.15) is 30.4 Å². The van der Waals surface area contributed by atoms with Crippen molar-refractivity contribution in [3.05, 3.63) is 71.8 Å². The fourth-order valence-corrected chi connectivity index (χ4v) is 3.81. The molecule has 3 heteroatoms. The summed E-state index contributed by atoms with van der Waals surface area (Å²) in [5, 5.41) is 20.5. The Morgan fingerprint density at radius 2 is 1.46 bits per heavy atom. The quantitative estimate of drug-likeness (QED) is 0.916. The summed E-state index contributed by atoms with van der Waals surface area (Å²) < 4.78 is 0. The average molecular weight is 320 g/mol. The van der Waals surface area contributed by atoms with E-state index in [1.807, 2.05) is 60.7 Å². The van der Waals surface area contributed by atoms with Crippen LogP contribution in [-0.4, -0.2) is 29.6 Å². The Kier molecular flexibility index (Phi) is 5.30. The zero-order valence-corrected chi connectivity index (χ0v) is 13.9. The van der Waals surface area contributed by atoms with Crippen molar-refractivity contribution in [1.29, 1.82) is 5.26 Å². The van der Waals surface area contributed by atoms with Gasteiger partial charge in [-0.15, -0.1) is 0 Å². The molecule has 0 aromatic heterocycles. The van der Waals surface area contributed by atoms with Gasteiger partial charge >= 0.3 is 0 Å². The van der Waals surface area contributed by atoms with Crippen molar-refractivity contribution in [3.8, 4) is 6.07 Å². The Morgan fingerprint density at radius 3 is 1.92 bits per heavy atom. The van der Waals surface area contributed by atoms with E-state index in [-0.39, 0.29) is 5.92 Å². The van der Waals surface area contributed by atoms with Crippen molar-refractivity contribution < 1.29 is 5.11 Å². The highest BCUT2D eigenvalue weighted by molar-refractivity contribution is 5.37. The van der Waals surface area contributed by atoms with Crippen molar-refractivity contribution in [2.45, 2.75) is 24.9 Å². The molecule has 3 nitrogen and oxygen atoms in total. The molecular weight excluding hydrogens is 296 g/mol. The van der Waals surface area contributed by atoms with Gasteiger partial charge in [-0.05, 0) is 43.0 Å². The Morgan fingerprint density at radius 1 is 0.958 bits per heavy atom. The molecule has 1 aliphatic rings. The molecule has 3 rings (SSSR count). The van der Waals surface area contributed by atoms with Crippen LogP contribution in [0.25, 0.3) is 0 Å². The molecule has 2 aromatic rings. The van der Waals surface area contributed by atoms with Gasteiger partial charge in [0.25, 0.3) is 0 Å². The highest BCUT2D eigenvalue weighted by Crippen LogP contribution is 2.41. The molecular formula is C21H24N2O. The summed E-state index contributed by atoms with van der Waals surface area (Å²) in [6.45, 7) is 2.71. The number of hydrogen-bond acceptors (Lipinski definition) is 3. The van der Waals surface area contributed by atoms with E-state index >= 15 is 0 Å². The van der Waals surface area contributed by atoms with Gasteiger partial charge < -0.3 is 10.0 Å². The van der Waals surface area contributed by atoms with E-state index in [4.69, 9.17) is 5.26 Å². The highest BCUT2D eigenvalue weighted by atomic mass is 16.3. The third kappa shape index (κ3) is 3.36.